The van der Waals surface area contributed by atoms with E-state index in [1.165, 1.54) is 37.6 Å². The average Bonchev–Trinajstić information content (AvgIpc) is 2.71. The summed E-state index contributed by atoms with van der Waals surface area (Å²) in [4.78, 5) is 16.7. The third kappa shape index (κ3) is 4.28. The van der Waals surface area contributed by atoms with Crippen LogP contribution in [0.2, 0.25) is 0 Å². The molecule has 2 aromatic rings. The van der Waals surface area contributed by atoms with Crippen LogP contribution in [-0.2, 0) is 21.1 Å². The van der Waals surface area contributed by atoms with Gasteiger partial charge in [-0.2, -0.15) is 0 Å². The van der Waals surface area contributed by atoms with Crippen LogP contribution in [-0.4, -0.2) is 36.4 Å². The van der Waals surface area contributed by atoms with Crippen molar-refractivity contribution in [2.24, 2.45) is 0 Å². The molecule has 0 aliphatic carbocycles. The predicted octanol–water partition coefficient (Wildman–Crippen LogP) is 2.54. The molecule has 0 bridgehead atoms. The van der Waals surface area contributed by atoms with Gasteiger partial charge in [-0.15, -0.1) is 0 Å². The van der Waals surface area contributed by atoms with Gasteiger partial charge in [0.1, 0.15) is 5.75 Å². The number of hydroxylamine groups is 1. The second-order valence-electron chi connectivity index (χ2n) is 6.26. The molecule has 0 aliphatic heterocycles. The largest absolute Gasteiger partial charge is 0.497 e. The van der Waals surface area contributed by atoms with Crippen molar-refractivity contribution in [1.82, 2.24) is 10.5 Å². The van der Waals surface area contributed by atoms with E-state index in [0.29, 0.717) is 24.2 Å². The minimum absolute atomic E-state index is 0.00751. The number of unbranched alkanes of at least 4 members (excludes halogenated alkanes) is 1. The lowest BCUT2D eigenvalue weighted by Gasteiger charge is -2.31. The number of nitrogens with one attached hydrogen (secondary N) is 1. The molecular formula is C19H24N2O5S. The highest BCUT2D eigenvalue weighted by molar-refractivity contribution is 7.93. The number of pyridine rings is 1. The normalized spacial score (nSPS) is 13.6. The lowest BCUT2D eigenvalue weighted by atomic mass is 9.93. The summed E-state index contributed by atoms with van der Waals surface area (Å²) in [6, 6.07) is 9.25. The molecule has 0 aliphatic rings. The first kappa shape index (κ1) is 20.9. The number of nitrogens with zero attached hydrogens (tertiary/aromatic N) is 1. The van der Waals surface area contributed by atoms with E-state index >= 15 is 0 Å². The zero-order chi connectivity index (χ0) is 19.9. The molecule has 1 atom stereocenters. The summed E-state index contributed by atoms with van der Waals surface area (Å²) < 4.78 is 30.3. The summed E-state index contributed by atoms with van der Waals surface area (Å²) in [6.07, 6.45) is 4.27. The van der Waals surface area contributed by atoms with E-state index in [9.17, 15) is 18.4 Å². The van der Waals surface area contributed by atoms with E-state index in [1.54, 1.807) is 23.8 Å². The van der Waals surface area contributed by atoms with Crippen LogP contribution in [0.5, 0.6) is 5.75 Å². The average molecular weight is 392 g/mol. The van der Waals surface area contributed by atoms with Gasteiger partial charge in [-0.1, -0.05) is 25.8 Å². The number of methoxy groups -OCH3 is 1. The maximum absolute atomic E-state index is 13.5. The second kappa shape index (κ2) is 8.96. The molecule has 0 saturated heterocycles. The highest BCUT2D eigenvalue weighted by Crippen LogP contribution is 2.35. The monoisotopic (exact) mass is 392 g/mol. The van der Waals surface area contributed by atoms with Crippen molar-refractivity contribution in [2.45, 2.75) is 42.2 Å². The van der Waals surface area contributed by atoms with Crippen molar-refractivity contribution in [2.75, 3.05) is 7.11 Å². The Bertz CT molecular complexity index is 853. The fourth-order valence-electron chi connectivity index (χ4n) is 3.01. The molecule has 2 N–H and O–H groups in total. The Kier molecular flexibility index (Phi) is 6.92. The molecule has 27 heavy (non-hydrogen) atoms. The molecule has 1 amide bonds. The van der Waals surface area contributed by atoms with E-state index < -0.39 is 20.5 Å². The first-order chi connectivity index (χ1) is 12.9. The molecule has 7 nitrogen and oxygen atoms in total. The Morgan fingerprint density at radius 3 is 2.48 bits per heavy atom. The minimum atomic E-state index is -4.12. The summed E-state index contributed by atoms with van der Waals surface area (Å²) in [7, 11) is -2.64. The van der Waals surface area contributed by atoms with Crippen molar-refractivity contribution in [3.8, 4) is 5.75 Å². The number of sulfone groups is 1. The topological polar surface area (TPSA) is 106 Å². The molecule has 0 saturated carbocycles. The Balaban J connectivity index is 2.61. The van der Waals surface area contributed by atoms with Crippen LogP contribution in [0, 0.1) is 0 Å². The Morgan fingerprint density at radius 1 is 1.26 bits per heavy atom. The van der Waals surface area contributed by atoms with Crippen molar-refractivity contribution in [1.29, 1.82) is 0 Å². The molecule has 1 aromatic heterocycles. The van der Waals surface area contributed by atoms with Gasteiger partial charge in [-0.3, -0.25) is 15.0 Å². The van der Waals surface area contributed by atoms with Gasteiger partial charge in [0.25, 0.3) is 5.91 Å². The molecular weight excluding hydrogens is 368 g/mol. The van der Waals surface area contributed by atoms with E-state index in [2.05, 4.69) is 4.98 Å². The Hall–Kier alpha value is -2.45. The smallest absolute Gasteiger partial charge is 0.265 e. The Morgan fingerprint density at radius 2 is 1.96 bits per heavy atom. The van der Waals surface area contributed by atoms with E-state index in [0.717, 1.165) is 0 Å². The van der Waals surface area contributed by atoms with Gasteiger partial charge in [0.2, 0.25) is 0 Å². The predicted molar refractivity (Wildman–Crippen MR) is 100 cm³/mol. The second-order valence-corrected chi connectivity index (χ2v) is 8.52. The molecule has 2 rings (SSSR count). The van der Waals surface area contributed by atoms with Gasteiger partial charge < -0.3 is 4.74 Å². The molecule has 1 aromatic carbocycles. The molecule has 146 valence electrons. The van der Waals surface area contributed by atoms with Gasteiger partial charge in [-0.05, 0) is 42.3 Å². The summed E-state index contributed by atoms with van der Waals surface area (Å²) in [5.74, 6) is -0.442. The molecule has 0 fully saturated rings. The van der Waals surface area contributed by atoms with E-state index in [-0.39, 0.29) is 17.7 Å². The zero-order valence-electron chi connectivity index (χ0n) is 15.4. The van der Waals surface area contributed by atoms with Gasteiger partial charge in [0.05, 0.1) is 12.0 Å². The minimum Gasteiger partial charge on any atom is -0.497 e. The maximum atomic E-state index is 13.5. The lowest BCUT2D eigenvalue weighted by molar-refractivity contribution is -0.132. The number of aromatic nitrogens is 1. The number of rotatable bonds is 9. The van der Waals surface area contributed by atoms with Crippen LogP contribution < -0.4 is 10.2 Å². The lowest BCUT2D eigenvalue weighted by Crippen LogP contribution is -2.53. The van der Waals surface area contributed by atoms with E-state index in [4.69, 9.17) is 4.74 Å². The number of carbonyl (C=O) groups excluding carboxylic acids is 1. The highest BCUT2D eigenvalue weighted by atomic mass is 32.2. The van der Waals surface area contributed by atoms with Crippen molar-refractivity contribution < 1.29 is 23.2 Å². The number of carbonyl (C=O) groups is 1. The van der Waals surface area contributed by atoms with Crippen LogP contribution in [0.3, 0.4) is 0 Å². The molecule has 8 heteroatoms. The number of ether oxygens (including phenoxy) is 1. The zero-order valence-corrected chi connectivity index (χ0v) is 16.2. The molecule has 0 unspecified atom stereocenters. The fraction of sp³-hybridized carbons (Fsp3) is 0.368. The van der Waals surface area contributed by atoms with Crippen LogP contribution in [0.4, 0.5) is 0 Å². The Labute approximate surface area is 159 Å². The summed E-state index contributed by atoms with van der Waals surface area (Å²) in [5.41, 5.74) is 2.16. The van der Waals surface area contributed by atoms with E-state index in [1.807, 2.05) is 6.92 Å². The van der Waals surface area contributed by atoms with Crippen LogP contribution >= 0.6 is 0 Å². The first-order valence-electron chi connectivity index (χ1n) is 8.63. The third-order valence-electron chi connectivity index (χ3n) is 4.55. The number of hydrogen-bond donors (Lipinski definition) is 2. The van der Waals surface area contributed by atoms with Crippen LogP contribution in [0.1, 0.15) is 31.7 Å². The third-order valence-corrected chi connectivity index (χ3v) is 7.00. The van der Waals surface area contributed by atoms with Crippen LogP contribution in [0.15, 0.2) is 53.7 Å². The molecule has 0 spiro atoms. The van der Waals surface area contributed by atoms with Gasteiger partial charge in [0, 0.05) is 18.8 Å². The fourth-order valence-corrected chi connectivity index (χ4v) is 5.02. The van der Waals surface area contributed by atoms with Crippen molar-refractivity contribution in [3.63, 3.8) is 0 Å². The highest BCUT2D eigenvalue weighted by Gasteiger charge is 2.50. The van der Waals surface area contributed by atoms with Crippen molar-refractivity contribution >= 4 is 15.7 Å². The first-order valence-corrected chi connectivity index (χ1v) is 10.1. The summed E-state index contributed by atoms with van der Waals surface area (Å²) in [6.45, 7) is 1.91. The van der Waals surface area contributed by atoms with Crippen LogP contribution in [0.25, 0.3) is 0 Å². The summed E-state index contributed by atoms with van der Waals surface area (Å²) in [5, 5.41) is 9.34. The number of amides is 1. The van der Waals surface area contributed by atoms with Gasteiger partial charge in [-0.25, -0.2) is 13.9 Å². The van der Waals surface area contributed by atoms with Gasteiger partial charge >= 0.3 is 0 Å². The standard InChI is InChI=1S/C19H24N2O5S/c1-3-4-11-19(18(22)21-23,13-15-6-5-12-20-14-15)27(24,25)17-9-7-16(26-2)8-10-17/h5-10,12,14,23H,3-4,11,13H2,1-2H3,(H,21,22)/t19-/m1/s1. The maximum Gasteiger partial charge on any atom is 0.265 e. The number of hydrogen-bond acceptors (Lipinski definition) is 6. The quantitative estimate of drug-likeness (QED) is 0.502. The van der Waals surface area contributed by atoms with Gasteiger partial charge in [0.15, 0.2) is 14.6 Å². The SMILES string of the molecule is CCCC[C@@](Cc1cccnc1)(C(=O)NO)S(=O)(=O)c1ccc(OC)cc1. The molecule has 1 heterocycles. The number of benzene rings is 1. The molecule has 0 radical (unpaired) electrons. The van der Waals surface area contributed by atoms with Crippen molar-refractivity contribution in [3.05, 3.63) is 54.4 Å². The summed E-state index contributed by atoms with van der Waals surface area (Å²) >= 11 is 0.